The summed E-state index contributed by atoms with van der Waals surface area (Å²) in [6, 6.07) is 3.57. The van der Waals surface area contributed by atoms with E-state index in [2.05, 4.69) is 22.2 Å². The molecule has 2 saturated heterocycles. The number of carbonyl (C=O) groups excluding carboxylic acids is 2. The molecule has 1 spiro atoms. The van der Waals surface area contributed by atoms with E-state index < -0.39 is 5.54 Å². The Balaban J connectivity index is 1.62. The Morgan fingerprint density at radius 1 is 1.59 bits per heavy atom. The highest BCUT2D eigenvalue weighted by atomic mass is 32.1. The molecular weight excluding hydrogens is 300 g/mol. The van der Waals surface area contributed by atoms with Crippen LogP contribution < -0.4 is 10.6 Å². The average molecular weight is 316 g/mol. The lowest BCUT2D eigenvalue weighted by atomic mass is 9.99. The Labute approximate surface area is 132 Å². The van der Waals surface area contributed by atoms with E-state index in [1.165, 1.54) is 11.3 Å². The van der Waals surface area contributed by atoms with Gasteiger partial charge in [0.15, 0.2) is 0 Å². The van der Waals surface area contributed by atoms with E-state index in [1.807, 2.05) is 0 Å². The van der Waals surface area contributed by atoms with E-state index in [1.54, 1.807) is 22.5 Å². The topological polar surface area (TPSA) is 74.3 Å². The molecule has 1 aromatic heterocycles. The van der Waals surface area contributed by atoms with E-state index in [-0.39, 0.29) is 11.8 Å². The molecule has 2 N–H and O–H groups in total. The normalized spacial score (nSPS) is 24.7. The van der Waals surface area contributed by atoms with Gasteiger partial charge < -0.3 is 15.5 Å². The van der Waals surface area contributed by atoms with Gasteiger partial charge in [0.1, 0.15) is 5.54 Å². The van der Waals surface area contributed by atoms with E-state index in [0.717, 1.165) is 4.70 Å². The summed E-state index contributed by atoms with van der Waals surface area (Å²) >= 11 is 1.39. The first-order valence-corrected chi connectivity index (χ1v) is 7.78. The summed E-state index contributed by atoms with van der Waals surface area (Å²) in [7, 11) is 0. The predicted molar refractivity (Wildman–Crippen MR) is 83.3 cm³/mol. The smallest absolute Gasteiger partial charge is 0.254 e. The zero-order valence-corrected chi connectivity index (χ0v) is 12.5. The van der Waals surface area contributed by atoms with Crippen LogP contribution in [0.1, 0.15) is 18.1 Å². The number of hydrogen-bond donors (Lipinski definition) is 2. The van der Waals surface area contributed by atoms with Crippen molar-refractivity contribution in [2.75, 3.05) is 13.1 Å². The molecule has 2 amide bonds. The van der Waals surface area contributed by atoms with E-state index in [4.69, 9.17) is 1.37 Å². The zero-order chi connectivity index (χ0) is 16.2. The van der Waals surface area contributed by atoms with Crippen molar-refractivity contribution >= 4 is 33.4 Å². The van der Waals surface area contributed by atoms with Crippen molar-refractivity contribution < 1.29 is 11.0 Å². The number of amides is 2. The number of fused-ring (bicyclic) bond motifs is 1. The van der Waals surface area contributed by atoms with E-state index in [0.29, 0.717) is 42.5 Å². The second kappa shape index (κ2) is 4.54. The highest BCUT2D eigenvalue weighted by Crippen LogP contribution is 2.28. The molecule has 2 fully saturated rings. The summed E-state index contributed by atoms with van der Waals surface area (Å²) in [6.45, 7) is 4.48. The fourth-order valence-electron chi connectivity index (χ4n) is 3.01. The number of hydrogen-bond acceptors (Lipinski definition) is 5. The van der Waals surface area contributed by atoms with Crippen molar-refractivity contribution in [2.45, 2.75) is 12.0 Å². The molecule has 2 aromatic rings. The van der Waals surface area contributed by atoms with Crippen LogP contribution in [0.3, 0.4) is 0 Å². The molecule has 0 bridgehead atoms. The fraction of sp³-hybridized carbons (Fsp3) is 0.267. The number of nitrogens with one attached hydrogen (secondary N) is 2. The summed E-state index contributed by atoms with van der Waals surface area (Å²) in [5.41, 5.74) is 1.98. The molecule has 0 aliphatic carbocycles. The third-order valence-electron chi connectivity index (χ3n) is 4.14. The van der Waals surface area contributed by atoms with Crippen LogP contribution in [0.2, 0.25) is 0 Å². The van der Waals surface area contributed by atoms with Crippen LogP contribution in [-0.4, -0.2) is 40.3 Å². The van der Waals surface area contributed by atoms with Crippen molar-refractivity contribution in [1.82, 2.24) is 20.5 Å². The van der Waals surface area contributed by atoms with Gasteiger partial charge in [-0.3, -0.25) is 9.59 Å². The summed E-state index contributed by atoms with van der Waals surface area (Å²) in [4.78, 5) is 30.6. The van der Waals surface area contributed by atoms with Crippen molar-refractivity contribution in [3.8, 4) is 0 Å². The molecule has 7 heteroatoms. The quantitative estimate of drug-likeness (QED) is 0.825. The van der Waals surface area contributed by atoms with Crippen molar-refractivity contribution in [3.05, 3.63) is 41.6 Å². The van der Waals surface area contributed by atoms with Crippen LogP contribution >= 0.6 is 11.3 Å². The minimum absolute atomic E-state index is 0.145. The SMILES string of the molecule is [3H]c1cc(C(=O)N2CCC3(C2)NC(=C)NC3=O)cc2ncsc12. The van der Waals surface area contributed by atoms with Crippen LogP contribution in [0.15, 0.2) is 36.1 Å². The first kappa shape index (κ1) is 12.2. The van der Waals surface area contributed by atoms with Crippen LogP contribution in [0, 0.1) is 0 Å². The van der Waals surface area contributed by atoms with Crippen LogP contribution in [0.5, 0.6) is 0 Å². The van der Waals surface area contributed by atoms with Crippen molar-refractivity contribution in [2.24, 2.45) is 0 Å². The fourth-order valence-corrected chi connectivity index (χ4v) is 3.64. The minimum Gasteiger partial charge on any atom is -0.356 e. The molecule has 6 nitrogen and oxygen atoms in total. The number of likely N-dealkylation sites (tertiary alicyclic amines) is 1. The molecule has 3 heterocycles. The lowest BCUT2D eigenvalue weighted by Gasteiger charge is -2.21. The highest BCUT2D eigenvalue weighted by Gasteiger charge is 2.49. The summed E-state index contributed by atoms with van der Waals surface area (Å²) in [5, 5.41) is 5.71. The zero-order valence-electron chi connectivity index (χ0n) is 12.7. The molecule has 1 aromatic carbocycles. The molecule has 1 unspecified atom stereocenters. The maximum Gasteiger partial charge on any atom is 0.254 e. The molecule has 0 radical (unpaired) electrons. The second-order valence-electron chi connectivity index (χ2n) is 5.57. The molecule has 22 heavy (non-hydrogen) atoms. The van der Waals surface area contributed by atoms with Crippen LogP contribution in [0.25, 0.3) is 10.2 Å². The number of carbonyl (C=O) groups is 2. The molecule has 2 aliphatic heterocycles. The lowest BCUT2D eigenvalue weighted by molar-refractivity contribution is -0.123. The Hall–Kier alpha value is -2.41. The summed E-state index contributed by atoms with van der Waals surface area (Å²) in [6.07, 6.45) is 0.538. The van der Waals surface area contributed by atoms with Crippen LogP contribution in [0.4, 0.5) is 0 Å². The molecule has 2 aliphatic rings. The van der Waals surface area contributed by atoms with Gasteiger partial charge in [-0.1, -0.05) is 6.58 Å². The van der Waals surface area contributed by atoms with Crippen molar-refractivity contribution in [3.63, 3.8) is 0 Å². The number of aromatic nitrogens is 1. The number of thiazole rings is 1. The maximum atomic E-state index is 12.7. The summed E-state index contributed by atoms with van der Waals surface area (Å²) in [5.74, 6) is 0.146. The largest absolute Gasteiger partial charge is 0.356 e. The third kappa shape index (κ3) is 1.89. The number of rotatable bonds is 1. The van der Waals surface area contributed by atoms with Gasteiger partial charge in [0, 0.05) is 12.1 Å². The third-order valence-corrected chi connectivity index (χ3v) is 4.91. The van der Waals surface area contributed by atoms with E-state index in [9.17, 15) is 9.59 Å². The van der Waals surface area contributed by atoms with Gasteiger partial charge in [-0.05, 0) is 24.6 Å². The molecule has 0 saturated carbocycles. The Morgan fingerprint density at radius 3 is 3.23 bits per heavy atom. The average Bonchev–Trinajstić information content (AvgIpc) is 3.19. The Bertz CT molecular complexity index is 864. The maximum absolute atomic E-state index is 12.7. The molecular formula is C15H14N4O2S. The molecule has 1 atom stereocenters. The first-order valence-electron chi connectivity index (χ1n) is 7.40. The van der Waals surface area contributed by atoms with Gasteiger partial charge in [-0.15, -0.1) is 11.3 Å². The van der Waals surface area contributed by atoms with Crippen molar-refractivity contribution in [1.29, 1.82) is 0 Å². The Morgan fingerprint density at radius 2 is 2.45 bits per heavy atom. The lowest BCUT2D eigenvalue weighted by Crippen LogP contribution is -2.49. The Kier molecular flexibility index (Phi) is 2.51. The van der Waals surface area contributed by atoms with Gasteiger partial charge in [-0.25, -0.2) is 4.98 Å². The van der Waals surface area contributed by atoms with Crippen LogP contribution in [-0.2, 0) is 4.79 Å². The monoisotopic (exact) mass is 316 g/mol. The number of nitrogens with zero attached hydrogens (tertiary/aromatic N) is 2. The summed E-state index contributed by atoms with van der Waals surface area (Å²) < 4.78 is 8.79. The number of benzene rings is 1. The van der Waals surface area contributed by atoms with Gasteiger partial charge in [0.2, 0.25) is 0 Å². The van der Waals surface area contributed by atoms with Gasteiger partial charge in [-0.2, -0.15) is 0 Å². The first-order chi connectivity index (χ1) is 11.0. The van der Waals surface area contributed by atoms with Gasteiger partial charge >= 0.3 is 0 Å². The molecule has 112 valence electrons. The second-order valence-corrected chi connectivity index (χ2v) is 6.43. The highest BCUT2D eigenvalue weighted by molar-refractivity contribution is 7.16. The molecule has 4 rings (SSSR count). The predicted octanol–water partition coefficient (Wildman–Crippen LogP) is 1.07. The minimum atomic E-state index is -0.777. The van der Waals surface area contributed by atoms with E-state index >= 15 is 0 Å². The standard InChI is InChI=1S/C15H14N4O2S/c1-9-17-14(21)15(18-9)4-5-19(7-15)13(20)10-2-3-12-11(6-10)16-8-22-12/h2-3,6,8,18H,1,4-5,7H2,(H,17,21)/i3T. The van der Waals surface area contributed by atoms with Gasteiger partial charge in [0.05, 0.1) is 29.5 Å². The van der Waals surface area contributed by atoms with Gasteiger partial charge in [0.25, 0.3) is 11.8 Å².